The first-order valence-corrected chi connectivity index (χ1v) is 12.3. The lowest BCUT2D eigenvalue weighted by Crippen LogP contribution is -2.40. The Morgan fingerprint density at radius 1 is 1.16 bits per heavy atom. The van der Waals surface area contributed by atoms with E-state index in [1.807, 2.05) is 24.3 Å². The lowest BCUT2D eigenvalue weighted by Gasteiger charge is -2.32. The van der Waals surface area contributed by atoms with E-state index in [2.05, 4.69) is 9.71 Å². The van der Waals surface area contributed by atoms with Crippen molar-refractivity contribution in [3.63, 3.8) is 0 Å². The largest absolute Gasteiger partial charge is 0.338 e. The van der Waals surface area contributed by atoms with Crippen molar-refractivity contribution in [2.45, 2.75) is 43.7 Å². The van der Waals surface area contributed by atoms with Crippen LogP contribution >= 0.6 is 11.6 Å². The Balaban J connectivity index is 1.53. The summed E-state index contributed by atoms with van der Waals surface area (Å²) in [5.74, 6) is -0.318. The number of carbonyl (C=O) groups is 1. The maximum absolute atomic E-state index is 13.1. The minimum Gasteiger partial charge on any atom is -0.338 e. The van der Waals surface area contributed by atoms with Crippen LogP contribution in [-0.2, 0) is 10.0 Å². The van der Waals surface area contributed by atoms with Crippen LogP contribution in [0, 0.1) is 0 Å². The number of fused-ring (bicyclic) bond motifs is 1. The lowest BCUT2D eigenvalue weighted by atomic mass is 10.0. The third-order valence-corrected chi connectivity index (χ3v) is 7.60. The summed E-state index contributed by atoms with van der Waals surface area (Å²) < 4.78 is 29.3. The molecular weight excluding hydrogens is 452 g/mol. The molecule has 1 aliphatic heterocycles. The number of aromatic amines is 1. The number of likely N-dealkylation sites (tertiary alicyclic amines) is 1. The van der Waals surface area contributed by atoms with Gasteiger partial charge < -0.3 is 9.88 Å². The number of imidazole rings is 1. The number of rotatable bonds is 5. The van der Waals surface area contributed by atoms with Gasteiger partial charge in [-0.3, -0.25) is 9.36 Å². The average molecular weight is 477 g/mol. The van der Waals surface area contributed by atoms with Gasteiger partial charge in [0.2, 0.25) is 10.0 Å². The first kappa shape index (κ1) is 22.6. The van der Waals surface area contributed by atoms with Gasteiger partial charge in [0, 0.05) is 25.2 Å². The van der Waals surface area contributed by atoms with Gasteiger partial charge in [-0.05, 0) is 57.0 Å². The molecule has 1 fully saturated rings. The average Bonchev–Trinajstić information content (AvgIpc) is 3.08. The van der Waals surface area contributed by atoms with Crippen LogP contribution < -0.4 is 10.4 Å². The number of amides is 1. The van der Waals surface area contributed by atoms with Crippen molar-refractivity contribution >= 4 is 38.6 Å². The predicted molar refractivity (Wildman–Crippen MR) is 124 cm³/mol. The lowest BCUT2D eigenvalue weighted by molar-refractivity contribution is 0.0695. The molecule has 10 heteroatoms. The fraction of sp³-hybridized carbons (Fsp3) is 0.364. The summed E-state index contributed by atoms with van der Waals surface area (Å²) in [6.07, 6.45) is 1.22. The van der Waals surface area contributed by atoms with Crippen molar-refractivity contribution in [2.24, 2.45) is 0 Å². The van der Waals surface area contributed by atoms with Gasteiger partial charge >= 0.3 is 5.69 Å². The molecule has 0 bridgehead atoms. The molecule has 4 rings (SSSR count). The molecule has 0 unspecified atom stereocenters. The fourth-order valence-electron chi connectivity index (χ4n) is 4.15. The Kier molecular flexibility index (Phi) is 6.15. The van der Waals surface area contributed by atoms with E-state index in [1.54, 1.807) is 23.3 Å². The Bertz CT molecular complexity index is 1320. The Morgan fingerprint density at radius 2 is 1.84 bits per heavy atom. The number of H-pyrrole nitrogens is 1. The van der Waals surface area contributed by atoms with E-state index < -0.39 is 10.0 Å². The van der Waals surface area contributed by atoms with Crippen molar-refractivity contribution in [1.82, 2.24) is 19.2 Å². The van der Waals surface area contributed by atoms with Crippen molar-refractivity contribution in [3.8, 4) is 0 Å². The molecule has 2 heterocycles. The maximum atomic E-state index is 13.1. The number of aromatic nitrogens is 2. The molecule has 1 saturated heterocycles. The van der Waals surface area contributed by atoms with Gasteiger partial charge in [-0.15, -0.1) is 0 Å². The number of nitrogens with one attached hydrogen (secondary N) is 2. The summed E-state index contributed by atoms with van der Waals surface area (Å²) in [5, 5.41) is 0.202. The van der Waals surface area contributed by atoms with Crippen LogP contribution in [0.2, 0.25) is 5.02 Å². The van der Waals surface area contributed by atoms with Crippen molar-refractivity contribution in [3.05, 3.63) is 63.5 Å². The summed E-state index contributed by atoms with van der Waals surface area (Å²) in [5.41, 5.74) is 1.63. The van der Waals surface area contributed by atoms with Crippen molar-refractivity contribution in [1.29, 1.82) is 0 Å². The summed E-state index contributed by atoms with van der Waals surface area (Å²) in [6, 6.07) is 11.4. The third-order valence-electron chi connectivity index (χ3n) is 5.61. The molecular formula is C22H25ClN4O4S. The quantitative estimate of drug-likeness (QED) is 0.590. The van der Waals surface area contributed by atoms with Crippen LogP contribution in [0.4, 0.5) is 0 Å². The van der Waals surface area contributed by atoms with Gasteiger partial charge in [0.05, 0.1) is 26.5 Å². The van der Waals surface area contributed by atoms with Gasteiger partial charge in [-0.2, -0.15) is 0 Å². The molecule has 1 amide bonds. The van der Waals surface area contributed by atoms with Crippen LogP contribution in [0.25, 0.3) is 11.0 Å². The van der Waals surface area contributed by atoms with Crippen LogP contribution in [0.3, 0.4) is 0 Å². The molecule has 0 radical (unpaired) electrons. The van der Waals surface area contributed by atoms with E-state index in [0.29, 0.717) is 25.9 Å². The molecule has 2 aromatic carbocycles. The van der Waals surface area contributed by atoms with E-state index in [1.165, 1.54) is 18.2 Å². The highest BCUT2D eigenvalue weighted by atomic mass is 35.5. The van der Waals surface area contributed by atoms with Crippen molar-refractivity contribution in [2.75, 3.05) is 13.1 Å². The highest BCUT2D eigenvalue weighted by Crippen LogP contribution is 2.28. The van der Waals surface area contributed by atoms with Gasteiger partial charge in [-0.25, -0.2) is 17.9 Å². The molecule has 0 atom stereocenters. The number of sulfonamides is 1. The first-order valence-electron chi connectivity index (χ1n) is 10.5. The molecule has 8 nitrogen and oxygen atoms in total. The van der Waals surface area contributed by atoms with Gasteiger partial charge in [0.25, 0.3) is 5.91 Å². The first-order chi connectivity index (χ1) is 15.2. The third kappa shape index (κ3) is 4.32. The standard InChI is InChI=1S/C22H25ClN4O4S/c1-14(2)25-32(30,31)16-7-8-18(23)17(13-16)21(28)26-11-9-15(10-12-26)27-20-6-4-3-5-19(20)24-22(27)29/h3-8,13-15,25H,9-12H2,1-2H3,(H,24,29). The topological polar surface area (TPSA) is 104 Å². The van der Waals surface area contributed by atoms with E-state index in [-0.39, 0.29) is 39.2 Å². The molecule has 3 aromatic rings. The van der Waals surface area contributed by atoms with E-state index in [9.17, 15) is 18.0 Å². The normalized spacial score (nSPS) is 15.6. The molecule has 0 spiro atoms. The SMILES string of the molecule is CC(C)NS(=O)(=O)c1ccc(Cl)c(C(=O)N2CCC(n3c(=O)[nH]c4ccccc43)CC2)c1. The fourth-order valence-corrected chi connectivity index (χ4v) is 5.62. The van der Waals surface area contributed by atoms with Crippen LogP contribution in [0.15, 0.2) is 52.2 Å². The van der Waals surface area contributed by atoms with E-state index in [4.69, 9.17) is 11.6 Å². The van der Waals surface area contributed by atoms with Crippen molar-refractivity contribution < 1.29 is 13.2 Å². The molecule has 170 valence electrons. The monoisotopic (exact) mass is 476 g/mol. The smallest absolute Gasteiger partial charge is 0.326 e. The maximum Gasteiger partial charge on any atom is 0.326 e. The molecule has 0 saturated carbocycles. The summed E-state index contributed by atoms with van der Waals surface area (Å²) in [6.45, 7) is 4.32. The number of benzene rings is 2. The highest BCUT2D eigenvalue weighted by Gasteiger charge is 2.28. The Hall–Kier alpha value is -2.62. The molecule has 1 aromatic heterocycles. The van der Waals surface area contributed by atoms with Crippen LogP contribution in [-0.4, -0.2) is 47.9 Å². The second kappa shape index (κ2) is 8.73. The Morgan fingerprint density at radius 3 is 2.53 bits per heavy atom. The van der Waals surface area contributed by atoms with Gasteiger partial charge in [-0.1, -0.05) is 23.7 Å². The number of hydrogen-bond acceptors (Lipinski definition) is 4. The van der Waals surface area contributed by atoms with Crippen LogP contribution in [0.1, 0.15) is 43.1 Å². The number of nitrogens with zero attached hydrogens (tertiary/aromatic N) is 2. The summed E-state index contributed by atoms with van der Waals surface area (Å²) >= 11 is 6.25. The second-order valence-electron chi connectivity index (χ2n) is 8.26. The number of piperidine rings is 1. The Labute approximate surface area is 191 Å². The highest BCUT2D eigenvalue weighted by molar-refractivity contribution is 7.89. The zero-order valence-corrected chi connectivity index (χ0v) is 19.4. The molecule has 1 aliphatic rings. The minimum absolute atomic E-state index is 0.000759. The molecule has 0 aliphatic carbocycles. The molecule has 2 N–H and O–H groups in total. The van der Waals surface area contributed by atoms with Gasteiger partial charge in [0.15, 0.2) is 0 Å². The van der Waals surface area contributed by atoms with Crippen LogP contribution in [0.5, 0.6) is 0 Å². The number of carbonyl (C=O) groups excluding carboxylic acids is 1. The zero-order chi connectivity index (χ0) is 23.0. The number of hydrogen-bond donors (Lipinski definition) is 2. The summed E-state index contributed by atoms with van der Waals surface area (Å²) in [7, 11) is -3.75. The minimum atomic E-state index is -3.75. The van der Waals surface area contributed by atoms with E-state index >= 15 is 0 Å². The zero-order valence-electron chi connectivity index (χ0n) is 17.8. The summed E-state index contributed by atoms with van der Waals surface area (Å²) in [4.78, 5) is 30.1. The van der Waals surface area contributed by atoms with E-state index in [0.717, 1.165) is 11.0 Å². The predicted octanol–water partition coefficient (Wildman–Crippen LogP) is 3.15. The number of halogens is 1. The second-order valence-corrected chi connectivity index (χ2v) is 10.4. The molecule has 32 heavy (non-hydrogen) atoms. The van der Waals surface area contributed by atoms with Gasteiger partial charge in [0.1, 0.15) is 0 Å². The number of para-hydroxylation sites is 2.